The summed E-state index contributed by atoms with van der Waals surface area (Å²) in [5.74, 6) is 0.631. The molecule has 0 atom stereocenters. The normalized spacial score (nSPS) is 11.0. The van der Waals surface area contributed by atoms with Crippen LogP contribution >= 0.6 is 0 Å². The second kappa shape index (κ2) is 9.00. The molecule has 0 fully saturated rings. The van der Waals surface area contributed by atoms with E-state index in [9.17, 15) is 13.2 Å². The van der Waals surface area contributed by atoms with Gasteiger partial charge in [-0.3, -0.25) is 9.10 Å². The average molecular weight is 425 g/mol. The van der Waals surface area contributed by atoms with Crippen molar-refractivity contribution in [1.29, 1.82) is 0 Å². The van der Waals surface area contributed by atoms with Crippen LogP contribution in [0.1, 0.15) is 11.1 Å². The topological polar surface area (TPSA) is 75.7 Å². The number of ether oxygens (including phenoxy) is 1. The predicted octanol–water partition coefficient (Wildman–Crippen LogP) is 4.50. The van der Waals surface area contributed by atoms with Crippen LogP contribution in [0.4, 0.5) is 11.4 Å². The molecule has 0 radical (unpaired) electrons. The van der Waals surface area contributed by atoms with Crippen LogP contribution in [0, 0.1) is 13.8 Å². The fraction of sp³-hybridized carbons (Fsp3) is 0.174. The highest BCUT2D eigenvalue weighted by Gasteiger charge is 2.23. The predicted molar refractivity (Wildman–Crippen MR) is 120 cm³/mol. The molecule has 1 amide bonds. The number of hydrogen-bond donors (Lipinski definition) is 1. The van der Waals surface area contributed by atoms with Crippen LogP contribution in [0.3, 0.4) is 0 Å². The van der Waals surface area contributed by atoms with Gasteiger partial charge in [0.15, 0.2) is 5.75 Å². The first kappa shape index (κ1) is 21.4. The number of benzene rings is 3. The van der Waals surface area contributed by atoms with Crippen molar-refractivity contribution in [3.05, 3.63) is 83.9 Å². The lowest BCUT2D eigenvalue weighted by molar-refractivity contribution is -0.114. The minimum absolute atomic E-state index is 0.345. The SMILES string of the molecule is Cc1ccc(N(CC(=O)Nc2ccccc2Oc2ccccc2)S(C)(=O)=O)c(C)c1. The average Bonchev–Trinajstić information content (AvgIpc) is 2.68. The Bertz CT molecular complexity index is 1140. The number of aryl methyl sites for hydroxylation is 2. The zero-order valence-electron chi connectivity index (χ0n) is 17.1. The summed E-state index contributed by atoms with van der Waals surface area (Å²) in [4.78, 5) is 12.8. The van der Waals surface area contributed by atoms with Crippen molar-refractivity contribution in [3.63, 3.8) is 0 Å². The van der Waals surface area contributed by atoms with Gasteiger partial charge < -0.3 is 10.1 Å². The van der Waals surface area contributed by atoms with Crippen LogP contribution in [0.5, 0.6) is 11.5 Å². The number of anilines is 2. The van der Waals surface area contributed by atoms with Gasteiger partial charge >= 0.3 is 0 Å². The van der Waals surface area contributed by atoms with Gasteiger partial charge in [-0.1, -0.05) is 48.0 Å². The van der Waals surface area contributed by atoms with Crippen LogP contribution < -0.4 is 14.4 Å². The Balaban J connectivity index is 1.81. The lowest BCUT2D eigenvalue weighted by Gasteiger charge is -2.24. The second-order valence-corrected chi connectivity index (χ2v) is 8.93. The van der Waals surface area contributed by atoms with E-state index >= 15 is 0 Å². The lowest BCUT2D eigenvalue weighted by atomic mass is 10.1. The highest BCUT2D eigenvalue weighted by Crippen LogP contribution is 2.29. The molecule has 3 aromatic rings. The van der Waals surface area contributed by atoms with E-state index in [0.29, 0.717) is 22.9 Å². The Morgan fingerprint density at radius 1 is 0.967 bits per heavy atom. The zero-order chi connectivity index (χ0) is 21.7. The fourth-order valence-electron chi connectivity index (χ4n) is 3.06. The van der Waals surface area contributed by atoms with E-state index in [1.54, 1.807) is 30.3 Å². The Kier molecular flexibility index (Phi) is 6.42. The number of carbonyl (C=O) groups is 1. The van der Waals surface area contributed by atoms with E-state index in [-0.39, 0.29) is 6.54 Å². The molecule has 0 aromatic heterocycles. The molecule has 0 bridgehead atoms. The molecule has 1 N–H and O–H groups in total. The highest BCUT2D eigenvalue weighted by molar-refractivity contribution is 7.92. The maximum absolute atomic E-state index is 12.8. The molecule has 6 nitrogen and oxygen atoms in total. The van der Waals surface area contributed by atoms with Gasteiger partial charge in [0.25, 0.3) is 0 Å². The first-order valence-electron chi connectivity index (χ1n) is 9.41. The summed E-state index contributed by atoms with van der Waals surface area (Å²) in [6, 6.07) is 21.6. The number of rotatable bonds is 7. The highest BCUT2D eigenvalue weighted by atomic mass is 32.2. The number of amides is 1. The first-order chi connectivity index (χ1) is 14.2. The molecule has 0 heterocycles. The van der Waals surface area contributed by atoms with E-state index in [0.717, 1.165) is 21.7 Å². The molecule has 0 aliphatic heterocycles. The van der Waals surface area contributed by atoms with Crippen molar-refractivity contribution >= 4 is 27.3 Å². The van der Waals surface area contributed by atoms with Crippen LogP contribution in [-0.2, 0) is 14.8 Å². The molecule has 3 rings (SSSR count). The number of hydrogen-bond acceptors (Lipinski definition) is 4. The Morgan fingerprint density at radius 2 is 1.63 bits per heavy atom. The van der Waals surface area contributed by atoms with Crippen molar-refractivity contribution in [2.75, 3.05) is 22.4 Å². The van der Waals surface area contributed by atoms with Crippen LogP contribution in [0.15, 0.2) is 72.8 Å². The van der Waals surface area contributed by atoms with Crippen LogP contribution in [0.25, 0.3) is 0 Å². The van der Waals surface area contributed by atoms with Gasteiger partial charge in [0.05, 0.1) is 17.6 Å². The maximum atomic E-state index is 12.8. The lowest BCUT2D eigenvalue weighted by Crippen LogP contribution is -2.37. The number of sulfonamides is 1. The largest absolute Gasteiger partial charge is 0.455 e. The third-order valence-electron chi connectivity index (χ3n) is 4.44. The quantitative estimate of drug-likeness (QED) is 0.606. The van der Waals surface area contributed by atoms with E-state index in [2.05, 4.69) is 5.32 Å². The summed E-state index contributed by atoms with van der Waals surface area (Å²) in [6.07, 6.45) is 1.09. The number of carbonyl (C=O) groups excluding carboxylic acids is 1. The van der Waals surface area contributed by atoms with Crippen LogP contribution in [-0.4, -0.2) is 27.1 Å². The summed E-state index contributed by atoms with van der Waals surface area (Å²) >= 11 is 0. The van der Waals surface area contributed by atoms with Gasteiger partial charge in [0, 0.05) is 0 Å². The monoisotopic (exact) mass is 424 g/mol. The standard InChI is InChI=1S/C23H24N2O4S/c1-17-13-14-21(18(2)15-17)25(30(3,27)28)16-23(26)24-20-11-7-8-12-22(20)29-19-9-5-4-6-10-19/h4-15H,16H2,1-3H3,(H,24,26). The Morgan fingerprint density at radius 3 is 2.30 bits per heavy atom. The fourth-order valence-corrected chi connectivity index (χ4v) is 3.97. The van der Waals surface area contributed by atoms with Gasteiger partial charge in [-0.15, -0.1) is 0 Å². The minimum atomic E-state index is -3.66. The number of para-hydroxylation sites is 3. The molecular formula is C23H24N2O4S. The summed E-state index contributed by atoms with van der Waals surface area (Å²) in [6.45, 7) is 3.40. The zero-order valence-corrected chi connectivity index (χ0v) is 17.9. The van der Waals surface area contributed by atoms with Crippen molar-refractivity contribution in [2.45, 2.75) is 13.8 Å². The van der Waals surface area contributed by atoms with Gasteiger partial charge in [-0.25, -0.2) is 8.42 Å². The molecule has 0 spiro atoms. The summed E-state index contributed by atoms with van der Waals surface area (Å²) < 4.78 is 31.7. The Labute approximate surface area is 177 Å². The smallest absolute Gasteiger partial charge is 0.245 e. The van der Waals surface area contributed by atoms with Crippen LogP contribution in [0.2, 0.25) is 0 Å². The minimum Gasteiger partial charge on any atom is -0.455 e. The maximum Gasteiger partial charge on any atom is 0.245 e. The molecule has 0 unspecified atom stereocenters. The van der Waals surface area contributed by atoms with Crippen molar-refractivity contribution in [2.24, 2.45) is 0 Å². The van der Waals surface area contributed by atoms with Gasteiger partial charge in [0.2, 0.25) is 15.9 Å². The molecule has 3 aromatic carbocycles. The molecule has 7 heteroatoms. The van der Waals surface area contributed by atoms with Gasteiger partial charge in [-0.05, 0) is 49.7 Å². The first-order valence-corrected chi connectivity index (χ1v) is 11.3. The van der Waals surface area contributed by atoms with Gasteiger partial charge in [-0.2, -0.15) is 0 Å². The third kappa shape index (κ3) is 5.39. The summed E-state index contributed by atoms with van der Waals surface area (Å²) in [7, 11) is -3.66. The molecule has 0 aliphatic rings. The second-order valence-electron chi connectivity index (χ2n) is 7.02. The molecule has 156 valence electrons. The molecule has 0 saturated carbocycles. The molecular weight excluding hydrogens is 400 g/mol. The van der Waals surface area contributed by atoms with E-state index in [4.69, 9.17) is 4.74 Å². The van der Waals surface area contributed by atoms with E-state index in [1.165, 1.54) is 0 Å². The van der Waals surface area contributed by atoms with Crippen molar-refractivity contribution in [3.8, 4) is 11.5 Å². The van der Waals surface area contributed by atoms with Crippen molar-refractivity contribution in [1.82, 2.24) is 0 Å². The van der Waals surface area contributed by atoms with E-state index in [1.807, 2.05) is 56.3 Å². The summed E-state index contributed by atoms with van der Waals surface area (Å²) in [5.41, 5.74) is 2.73. The van der Waals surface area contributed by atoms with Crippen molar-refractivity contribution < 1.29 is 17.9 Å². The van der Waals surface area contributed by atoms with Gasteiger partial charge in [0.1, 0.15) is 12.3 Å². The Hall–Kier alpha value is -3.32. The number of nitrogens with zero attached hydrogens (tertiary/aromatic N) is 1. The molecule has 0 saturated heterocycles. The summed E-state index contributed by atoms with van der Waals surface area (Å²) in [5, 5.41) is 2.76. The molecule has 30 heavy (non-hydrogen) atoms. The molecule has 0 aliphatic carbocycles. The van der Waals surface area contributed by atoms with E-state index < -0.39 is 15.9 Å². The third-order valence-corrected chi connectivity index (χ3v) is 5.57. The number of nitrogens with one attached hydrogen (secondary N) is 1.